The Labute approximate surface area is 168 Å². The Morgan fingerprint density at radius 1 is 1.44 bits per heavy atom. The van der Waals surface area contributed by atoms with Gasteiger partial charge in [0.15, 0.2) is 0 Å². The van der Waals surface area contributed by atoms with Gasteiger partial charge in [0.05, 0.1) is 30.6 Å². The summed E-state index contributed by atoms with van der Waals surface area (Å²) in [7, 11) is 0. The van der Waals surface area contributed by atoms with Crippen molar-refractivity contribution in [2.45, 2.75) is 26.1 Å². The highest BCUT2D eigenvalue weighted by molar-refractivity contribution is 7.99. The van der Waals surface area contributed by atoms with Gasteiger partial charge in [-0.3, -0.25) is 4.90 Å². The predicted octanol–water partition coefficient (Wildman–Crippen LogP) is 3.00. The van der Waals surface area contributed by atoms with Crippen molar-refractivity contribution in [2.75, 3.05) is 47.5 Å². The topological polar surface area (TPSA) is 54.0 Å². The molecular weight excluding hydrogens is 389 g/mol. The minimum atomic E-state index is -0.487. The van der Waals surface area contributed by atoms with E-state index in [1.54, 1.807) is 12.1 Å². The van der Waals surface area contributed by atoms with E-state index >= 15 is 0 Å². The van der Waals surface area contributed by atoms with Gasteiger partial charge in [0.2, 0.25) is 0 Å². The molecule has 1 atom stereocenters. The molecule has 2 fully saturated rings. The Morgan fingerprint density at radius 2 is 2.19 bits per heavy atom. The van der Waals surface area contributed by atoms with Crippen LogP contribution in [0.2, 0.25) is 0 Å². The van der Waals surface area contributed by atoms with Crippen molar-refractivity contribution < 1.29 is 18.7 Å². The van der Waals surface area contributed by atoms with Gasteiger partial charge in [0.25, 0.3) is 5.17 Å². The van der Waals surface area contributed by atoms with E-state index in [0.29, 0.717) is 24.5 Å². The van der Waals surface area contributed by atoms with Crippen molar-refractivity contribution in [1.82, 2.24) is 5.32 Å². The number of carbonyl (C=O) groups is 1. The number of cyclic esters (lactones) is 1. The van der Waals surface area contributed by atoms with E-state index in [4.69, 9.17) is 21.7 Å². The molecule has 0 unspecified atom stereocenters. The zero-order chi connectivity index (χ0) is 19.4. The number of benzene rings is 1. The number of halogens is 1. The molecule has 27 heavy (non-hydrogen) atoms. The van der Waals surface area contributed by atoms with E-state index in [0.717, 1.165) is 24.6 Å². The summed E-state index contributed by atoms with van der Waals surface area (Å²) in [6, 6.07) is 4.91. The molecule has 2 aliphatic heterocycles. The van der Waals surface area contributed by atoms with Crippen LogP contribution >= 0.6 is 24.0 Å². The summed E-state index contributed by atoms with van der Waals surface area (Å²) in [5, 5.41) is 3.21. The molecule has 2 aliphatic rings. The molecule has 0 spiro atoms. The van der Waals surface area contributed by atoms with Crippen LogP contribution < -0.4 is 15.1 Å². The van der Waals surface area contributed by atoms with E-state index in [1.165, 1.54) is 11.0 Å². The lowest BCUT2D eigenvalue weighted by Crippen LogP contribution is -2.35. The summed E-state index contributed by atoms with van der Waals surface area (Å²) < 4.78 is 25.3. The number of thiocarbonyl (C=S) groups is 1. The number of ether oxygens (including phenoxy) is 2. The van der Waals surface area contributed by atoms with E-state index in [2.05, 4.69) is 5.32 Å². The average molecular weight is 414 g/mol. The third kappa shape index (κ3) is 5.16. The summed E-state index contributed by atoms with van der Waals surface area (Å²) in [6.45, 7) is 6.10. The van der Waals surface area contributed by atoms with Gasteiger partial charge >= 0.3 is 6.09 Å². The average Bonchev–Trinajstić information content (AvgIpc) is 3.01. The van der Waals surface area contributed by atoms with Crippen LogP contribution in [-0.4, -0.2) is 61.2 Å². The Kier molecular flexibility index (Phi) is 6.64. The van der Waals surface area contributed by atoms with Crippen molar-refractivity contribution in [1.29, 1.82) is 0 Å². The molecule has 1 aromatic carbocycles. The highest BCUT2D eigenvalue weighted by atomic mass is 32.2. The first kappa shape index (κ1) is 20.0. The lowest BCUT2D eigenvalue weighted by atomic mass is 10.2. The SMILES string of the molecule is CC(C)OC(=S)NC[C@H]1CN(c2ccc(N3CCSCC3)c(F)c2)C(=O)O1. The molecule has 148 valence electrons. The molecule has 2 saturated heterocycles. The van der Waals surface area contributed by atoms with Gasteiger partial charge in [-0.25, -0.2) is 9.18 Å². The number of hydrogen-bond donors (Lipinski definition) is 1. The van der Waals surface area contributed by atoms with E-state index in [1.807, 2.05) is 30.5 Å². The van der Waals surface area contributed by atoms with Gasteiger partial charge < -0.3 is 19.7 Å². The first-order valence-corrected chi connectivity index (χ1v) is 10.5. The molecule has 9 heteroatoms. The molecule has 2 heterocycles. The largest absolute Gasteiger partial charge is 0.468 e. The van der Waals surface area contributed by atoms with Crippen molar-refractivity contribution in [2.24, 2.45) is 0 Å². The number of carbonyl (C=O) groups excluding carboxylic acids is 1. The van der Waals surface area contributed by atoms with Gasteiger partial charge in [-0.15, -0.1) is 0 Å². The van der Waals surface area contributed by atoms with E-state index in [-0.39, 0.29) is 23.2 Å². The number of amides is 1. The monoisotopic (exact) mass is 413 g/mol. The number of anilines is 2. The summed E-state index contributed by atoms with van der Waals surface area (Å²) in [6.07, 6.45) is -0.889. The van der Waals surface area contributed by atoms with Crippen LogP contribution in [0, 0.1) is 5.82 Å². The molecular formula is C18H24FN3O3S2. The van der Waals surface area contributed by atoms with Crippen molar-refractivity contribution >= 4 is 46.6 Å². The Bertz CT molecular complexity index is 698. The molecule has 0 bridgehead atoms. The molecule has 0 aliphatic carbocycles. The minimum Gasteiger partial charge on any atom is -0.468 e. The van der Waals surface area contributed by atoms with Crippen LogP contribution in [0.25, 0.3) is 0 Å². The highest BCUT2D eigenvalue weighted by Gasteiger charge is 2.33. The number of nitrogens with one attached hydrogen (secondary N) is 1. The maximum atomic E-state index is 14.6. The molecule has 0 saturated carbocycles. The standard InChI is InChI=1S/C18H24FN3O3S2/c1-12(2)24-17(26)20-10-14-11-22(18(23)25-14)13-3-4-16(15(19)9-13)21-5-7-27-8-6-21/h3-4,9,12,14H,5-8,10-11H2,1-2H3,(H,20,26)/t14-/m0/s1. The second kappa shape index (κ2) is 8.97. The zero-order valence-electron chi connectivity index (χ0n) is 15.4. The fraction of sp³-hybridized carbons (Fsp3) is 0.556. The van der Waals surface area contributed by atoms with Gasteiger partial charge in [-0.2, -0.15) is 11.8 Å². The normalized spacial score (nSPS) is 20.0. The molecule has 0 aromatic heterocycles. The number of rotatable bonds is 5. The van der Waals surface area contributed by atoms with Gasteiger partial charge in [-0.1, -0.05) is 0 Å². The van der Waals surface area contributed by atoms with Crippen LogP contribution in [0.1, 0.15) is 13.8 Å². The third-order valence-corrected chi connectivity index (χ3v) is 5.47. The third-order valence-electron chi connectivity index (χ3n) is 4.29. The van der Waals surface area contributed by atoms with E-state index in [9.17, 15) is 9.18 Å². The van der Waals surface area contributed by atoms with Crippen molar-refractivity contribution in [3.05, 3.63) is 24.0 Å². The molecule has 1 amide bonds. The summed E-state index contributed by atoms with van der Waals surface area (Å²) >= 11 is 6.94. The minimum absolute atomic E-state index is 0.0207. The number of nitrogens with zero attached hydrogens (tertiary/aromatic N) is 2. The number of thioether (sulfide) groups is 1. The van der Waals surface area contributed by atoms with Gasteiger partial charge in [0, 0.05) is 24.6 Å². The van der Waals surface area contributed by atoms with Gasteiger partial charge in [0.1, 0.15) is 11.9 Å². The quantitative estimate of drug-likeness (QED) is 0.745. The molecule has 3 rings (SSSR count). The second-order valence-corrected chi connectivity index (χ2v) is 8.28. The van der Waals surface area contributed by atoms with Crippen LogP contribution in [0.3, 0.4) is 0 Å². The summed E-state index contributed by atoms with van der Waals surface area (Å²) in [5.41, 5.74) is 1.08. The van der Waals surface area contributed by atoms with E-state index < -0.39 is 6.09 Å². The summed E-state index contributed by atoms with van der Waals surface area (Å²) in [4.78, 5) is 15.7. The maximum absolute atomic E-state index is 14.6. The lowest BCUT2D eigenvalue weighted by molar-refractivity contribution is 0.140. The fourth-order valence-corrected chi connectivity index (χ4v) is 4.19. The number of hydrogen-bond acceptors (Lipinski definition) is 6. The maximum Gasteiger partial charge on any atom is 0.414 e. The van der Waals surface area contributed by atoms with Crippen molar-refractivity contribution in [3.63, 3.8) is 0 Å². The highest BCUT2D eigenvalue weighted by Crippen LogP contribution is 2.29. The van der Waals surface area contributed by atoms with Crippen LogP contribution in [0.5, 0.6) is 0 Å². The second-order valence-electron chi connectivity index (χ2n) is 6.69. The molecule has 0 radical (unpaired) electrons. The molecule has 1 N–H and O–H groups in total. The first-order chi connectivity index (χ1) is 12.9. The zero-order valence-corrected chi connectivity index (χ0v) is 17.1. The van der Waals surface area contributed by atoms with Gasteiger partial charge in [-0.05, 0) is 44.3 Å². The Balaban J connectivity index is 1.60. The Hall–Kier alpha value is -1.74. The van der Waals surface area contributed by atoms with Crippen molar-refractivity contribution in [3.8, 4) is 0 Å². The first-order valence-electron chi connectivity index (χ1n) is 8.99. The smallest absolute Gasteiger partial charge is 0.414 e. The molecule has 1 aromatic rings. The van der Waals surface area contributed by atoms with Crippen LogP contribution in [-0.2, 0) is 9.47 Å². The predicted molar refractivity (Wildman–Crippen MR) is 110 cm³/mol. The molecule has 6 nitrogen and oxygen atoms in total. The Morgan fingerprint density at radius 3 is 2.85 bits per heavy atom. The lowest BCUT2D eigenvalue weighted by Gasteiger charge is -2.29. The fourth-order valence-electron chi connectivity index (χ4n) is 3.02. The summed E-state index contributed by atoms with van der Waals surface area (Å²) in [5.74, 6) is 1.67. The van der Waals surface area contributed by atoms with Crippen LogP contribution in [0.4, 0.5) is 20.6 Å². The van der Waals surface area contributed by atoms with Crippen LogP contribution in [0.15, 0.2) is 18.2 Å².